The summed E-state index contributed by atoms with van der Waals surface area (Å²) in [6.45, 7) is 1.46. The number of hydrogen-bond donors (Lipinski definition) is 1. The first kappa shape index (κ1) is 17.2. The Morgan fingerprint density at radius 2 is 1.76 bits per heavy atom. The molecule has 5 nitrogen and oxygen atoms in total. The van der Waals surface area contributed by atoms with Gasteiger partial charge < -0.3 is 14.8 Å². The maximum atomic E-state index is 12.7. The summed E-state index contributed by atoms with van der Waals surface area (Å²) in [4.78, 5) is 24.2. The quantitative estimate of drug-likeness (QED) is 0.851. The van der Waals surface area contributed by atoms with Gasteiger partial charge in [-0.05, 0) is 16.7 Å². The predicted octanol–water partition coefficient (Wildman–Crippen LogP) is 2.72. The van der Waals surface area contributed by atoms with E-state index >= 15 is 0 Å². The zero-order valence-corrected chi connectivity index (χ0v) is 14.3. The van der Waals surface area contributed by atoms with Crippen LogP contribution in [0.15, 0.2) is 54.6 Å². The molecule has 0 spiro atoms. The molecule has 2 aromatic carbocycles. The van der Waals surface area contributed by atoms with E-state index in [1.807, 2.05) is 54.6 Å². The van der Waals surface area contributed by atoms with Crippen molar-refractivity contribution in [2.75, 3.05) is 7.11 Å². The molecule has 0 heterocycles. The van der Waals surface area contributed by atoms with Crippen LogP contribution in [0.4, 0.5) is 0 Å². The van der Waals surface area contributed by atoms with Crippen molar-refractivity contribution in [3.63, 3.8) is 0 Å². The molecule has 0 saturated heterocycles. The molecule has 0 saturated carbocycles. The van der Waals surface area contributed by atoms with E-state index in [0.717, 1.165) is 16.7 Å². The lowest BCUT2D eigenvalue weighted by atomic mass is 10.1. The Kier molecular flexibility index (Phi) is 5.14. The first-order chi connectivity index (χ1) is 12.1. The number of hydrogen-bond acceptors (Lipinski definition) is 4. The SMILES string of the molecule is CO[C@@H](C(=O)O[C@H]1Cc2ccccc2[C@H]1NC(C)=O)c1ccccc1. The maximum Gasteiger partial charge on any atom is 0.340 e. The third kappa shape index (κ3) is 3.72. The molecule has 25 heavy (non-hydrogen) atoms. The minimum absolute atomic E-state index is 0.158. The lowest BCUT2D eigenvalue weighted by molar-refractivity contribution is -0.163. The number of carbonyl (C=O) groups is 2. The van der Waals surface area contributed by atoms with Crippen molar-refractivity contribution in [3.8, 4) is 0 Å². The van der Waals surface area contributed by atoms with Crippen molar-refractivity contribution < 1.29 is 19.1 Å². The van der Waals surface area contributed by atoms with E-state index < -0.39 is 18.2 Å². The van der Waals surface area contributed by atoms with Gasteiger partial charge in [0, 0.05) is 20.5 Å². The van der Waals surface area contributed by atoms with E-state index in [2.05, 4.69) is 5.32 Å². The molecular formula is C20H21NO4. The van der Waals surface area contributed by atoms with Crippen LogP contribution < -0.4 is 5.32 Å². The van der Waals surface area contributed by atoms with Gasteiger partial charge >= 0.3 is 5.97 Å². The van der Waals surface area contributed by atoms with Crippen molar-refractivity contribution >= 4 is 11.9 Å². The van der Waals surface area contributed by atoms with Crippen molar-refractivity contribution in [1.82, 2.24) is 5.32 Å². The third-order valence-corrected chi connectivity index (χ3v) is 4.36. The van der Waals surface area contributed by atoms with Gasteiger partial charge in [0.25, 0.3) is 0 Å². The van der Waals surface area contributed by atoms with E-state index in [9.17, 15) is 9.59 Å². The average Bonchev–Trinajstić information content (AvgIpc) is 2.93. The number of nitrogens with one attached hydrogen (secondary N) is 1. The van der Waals surface area contributed by atoms with Gasteiger partial charge in [0.15, 0.2) is 6.10 Å². The molecule has 0 radical (unpaired) electrons. The zero-order chi connectivity index (χ0) is 17.8. The number of carbonyl (C=O) groups excluding carboxylic acids is 2. The van der Waals surface area contributed by atoms with Crippen LogP contribution in [-0.2, 0) is 25.5 Å². The van der Waals surface area contributed by atoms with Crippen LogP contribution >= 0.6 is 0 Å². The summed E-state index contributed by atoms with van der Waals surface area (Å²) < 4.78 is 11.1. The van der Waals surface area contributed by atoms with Gasteiger partial charge in [0.2, 0.25) is 5.91 Å². The van der Waals surface area contributed by atoms with Gasteiger partial charge in [-0.25, -0.2) is 4.79 Å². The van der Waals surface area contributed by atoms with Gasteiger partial charge in [0.05, 0.1) is 6.04 Å². The summed E-state index contributed by atoms with van der Waals surface area (Å²) in [5, 5.41) is 2.89. The molecule has 1 amide bonds. The largest absolute Gasteiger partial charge is 0.457 e. The van der Waals surface area contributed by atoms with Crippen LogP contribution in [0.25, 0.3) is 0 Å². The highest BCUT2D eigenvalue weighted by Crippen LogP contribution is 2.34. The van der Waals surface area contributed by atoms with Gasteiger partial charge in [-0.2, -0.15) is 0 Å². The van der Waals surface area contributed by atoms with E-state index in [1.165, 1.54) is 14.0 Å². The van der Waals surface area contributed by atoms with E-state index in [0.29, 0.717) is 6.42 Å². The fourth-order valence-electron chi connectivity index (χ4n) is 3.26. The average molecular weight is 339 g/mol. The maximum absolute atomic E-state index is 12.7. The van der Waals surface area contributed by atoms with Crippen LogP contribution in [0.5, 0.6) is 0 Å². The van der Waals surface area contributed by atoms with E-state index in [4.69, 9.17) is 9.47 Å². The number of rotatable bonds is 5. The highest BCUT2D eigenvalue weighted by Gasteiger charge is 2.37. The molecule has 130 valence electrons. The third-order valence-electron chi connectivity index (χ3n) is 4.36. The van der Waals surface area contributed by atoms with Gasteiger partial charge in [-0.1, -0.05) is 54.6 Å². The standard InChI is InChI=1S/C20H21NO4/c1-13(22)21-18-16-11-7-6-10-15(16)12-17(18)25-20(23)19(24-2)14-8-4-3-5-9-14/h3-11,17-19H,12H2,1-2H3,(H,21,22)/t17-,18+,19+/m0/s1. The van der Waals surface area contributed by atoms with Crippen molar-refractivity contribution in [2.45, 2.75) is 31.6 Å². The Morgan fingerprint density at radius 1 is 1.08 bits per heavy atom. The number of amides is 1. The monoisotopic (exact) mass is 339 g/mol. The number of benzene rings is 2. The molecule has 0 aliphatic heterocycles. The van der Waals surface area contributed by atoms with E-state index in [1.54, 1.807) is 0 Å². The molecular weight excluding hydrogens is 318 g/mol. The van der Waals surface area contributed by atoms with Gasteiger partial charge in [-0.3, -0.25) is 4.79 Å². The molecule has 1 aliphatic rings. The molecule has 1 N–H and O–H groups in total. The summed E-state index contributed by atoms with van der Waals surface area (Å²) in [5.41, 5.74) is 2.80. The highest BCUT2D eigenvalue weighted by molar-refractivity contribution is 5.77. The summed E-state index contributed by atoms with van der Waals surface area (Å²) in [6, 6.07) is 16.7. The topological polar surface area (TPSA) is 64.6 Å². The van der Waals surface area contributed by atoms with Crippen molar-refractivity contribution in [3.05, 3.63) is 71.3 Å². The summed E-state index contributed by atoms with van der Waals surface area (Å²) in [7, 11) is 1.48. The minimum Gasteiger partial charge on any atom is -0.457 e. The van der Waals surface area contributed by atoms with Crippen LogP contribution in [-0.4, -0.2) is 25.1 Å². The molecule has 0 unspecified atom stereocenters. The van der Waals surface area contributed by atoms with Gasteiger partial charge in [-0.15, -0.1) is 0 Å². The second-order valence-corrected chi connectivity index (χ2v) is 6.08. The molecule has 1 aliphatic carbocycles. The first-order valence-corrected chi connectivity index (χ1v) is 8.23. The number of methoxy groups -OCH3 is 1. The molecule has 3 atom stereocenters. The molecule has 0 aromatic heterocycles. The Labute approximate surface area is 147 Å². The molecule has 5 heteroatoms. The molecule has 3 rings (SSSR count). The lowest BCUT2D eigenvalue weighted by Gasteiger charge is -2.24. The Hall–Kier alpha value is -2.66. The fraction of sp³-hybridized carbons (Fsp3) is 0.300. The normalized spacial score (nSPS) is 19.8. The van der Waals surface area contributed by atoms with Crippen LogP contribution in [0, 0.1) is 0 Å². The summed E-state index contributed by atoms with van der Waals surface area (Å²) >= 11 is 0. The van der Waals surface area contributed by atoms with E-state index in [-0.39, 0.29) is 11.9 Å². The Bertz CT molecular complexity index is 759. The Morgan fingerprint density at radius 3 is 2.44 bits per heavy atom. The number of fused-ring (bicyclic) bond motifs is 1. The summed E-state index contributed by atoms with van der Waals surface area (Å²) in [5.74, 6) is -0.615. The van der Waals surface area contributed by atoms with Crippen LogP contribution in [0.1, 0.15) is 35.8 Å². The first-order valence-electron chi connectivity index (χ1n) is 8.23. The molecule has 0 bridgehead atoms. The highest BCUT2D eigenvalue weighted by atomic mass is 16.6. The number of esters is 1. The smallest absolute Gasteiger partial charge is 0.340 e. The Balaban J connectivity index is 1.79. The van der Waals surface area contributed by atoms with Crippen LogP contribution in [0.3, 0.4) is 0 Å². The fourth-order valence-corrected chi connectivity index (χ4v) is 3.26. The molecule has 2 aromatic rings. The van der Waals surface area contributed by atoms with Crippen LogP contribution in [0.2, 0.25) is 0 Å². The van der Waals surface area contributed by atoms with Crippen molar-refractivity contribution in [1.29, 1.82) is 0 Å². The zero-order valence-electron chi connectivity index (χ0n) is 14.3. The summed E-state index contributed by atoms with van der Waals surface area (Å²) in [6.07, 6.45) is -0.670. The number of ether oxygens (including phenoxy) is 2. The van der Waals surface area contributed by atoms with Crippen molar-refractivity contribution in [2.24, 2.45) is 0 Å². The second kappa shape index (κ2) is 7.49. The second-order valence-electron chi connectivity index (χ2n) is 6.08. The molecule has 0 fully saturated rings. The van der Waals surface area contributed by atoms with Gasteiger partial charge in [0.1, 0.15) is 6.10 Å². The predicted molar refractivity (Wildman–Crippen MR) is 92.8 cm³/mol. The lowest BCUT2D eigenvalue weighted by Crippen LogP contribution is -2.36. The minimum atomic E-state index is -0.789.